The topological polar surface area (TPSA) is 105 Å². The second-order valence-corrected chi connectivity index (χ2v) is 9.65. The Kier molecular flexibility index (Phi) is 7.81. The molecule has 1 aromatic carbocycles. The lowest BCUT2D eigenvalue weighted by Crippen LogP contribution is -2.37. The van der Waals surface area contributed by atoms with Gasteiger partial charge in [0.1, 0.15) is 5.82 Å². The zero-order valence-corrected chi connectivity index (χ0v) is 19.4. The number of halogens is 1. The van der Waals surface area contributed by atoms with Crippen LogP contribution in [0.25, 0.3) is 6.08 Å². The summed E-state index contributed by atoms with van der Waals surface area (Å²) in [6, 6.07) is 6.02. The average Bonchev–Trinajstić information content (AvgIpc) is 3.40. The maximum absolute atomic E-state index is 13.8. The molecule has 3 amide bonds. The van der Waals surface area contributed by atoms with Gasteiger partial charge >= 0.3 is 0 Å². The van der Waals surface area contributed by atoms with E-state index in [0.29, 0.717) is 17.0 Å². The van der Waals surface area contributed by atoms with Gasteiger partial charge in [0.05, 0.1) is 10.7 Å². The summed E-state index contributed by atoms with van der Waals surface area (Å²) in [4.78, 5) is 38.0. The number of carbonyl (C=O) groups excluding carboxylic acids is 3. The van der Waals surface area contributed by atoms with Crippen LogP contribution in [0.3, 0.4) is 0 Å². The van der Waals surface area contributed by atoms with E-state index in [2.05, 4.69) is 15.5 Å². The van der Waals surface area contributed by atoms with Crippen LogP contribution in [0.1, 0.15) is 49.5 Å². The Labute approximate surface area is 198 Å². The first-order valence-electron chi connectivity index (χ1n) is 10.7. The van der Waals surface area contributed by atoms with E-state index in [1.807, 2.05) is 0 Å². The van der Waals surface area contributed by atoms with Crippen molar-refractivity contribution in [2.75, 3.05) is 18.8 Å². The number of thioether (sulfide) groups is 2. The highest BCUT2D eigenvalue weighted by molar-refractivity contribution is 8.18. The van der Waals surface area contributed by atoms with E-state index in [1.54, 1.807) is 12.1 Å². The summed E-state index contributed by atoms with van der Waals surface area (Å²) in [5.41, 5.74) is 0.237. The van der Waals surface area contributed by atoms with Crippen molar-refractivity contribution in [3.63, 3.8) is 0 Å². The van der Waals surface area contributed by atoms with Gasteiger partial charge in [-0.3, -0.25) is 19.3 Å². The van der Waals surface area contributed by atoms with E-state index in [-0.39, 0.29) is 35.2 Å². The molecule has 2 aromatic rings. The average molecular weight is 491 g/mol. The van der Waals surface area contributed by atoms with E-state index < -0.39 is 17.0 Å². The van der Waals surface area contributed by atoms with Crippen LogP contribution in [0.2, 0.25) is 0 Å². The van der Waals surface area contributed by atoms with Crippen molar-refractivity contribution in [2.24, 2.45) is 0 Å². The molecule has 0 radical (unpaired) electrons. The molecule has 1 saturated carbocycles. The zero-order chi connectivity index (χ0) is 23.2. The summed E-state index contributed by atoms with van der Waals surface area (Å²) in [5, 5.41) is 10.7. The number of nitrogens with one attached hydrogen (secondary N) is 1. The molecule has 2 aliphatic rings. The van der Waals surface area contributed by atoms with E-state index in [1.165, 1.54) is 37.5 Å². The normalized spacial score (nSPS) is 18.3. The predicted octanol–water partition coefficient (Wildman–Crippen LogP) is 4.20. The standard InChI is InChI=1S/C22H23FN4O4S2/c23-16-9-5-4-8-15(16)12-17-20(29)27(22(30)33-17)11-10-24-18(28)13-32-21-26-25-19(31-21)14-6-2-1-3-7-14/h4-5,8-9,12,14H,1-3,6-7,10-11,13H2,(H,24,28)/b17-12-. The van der Waals surface area contributed by atoms with Gasteiger partial charge in [-0.05, 0) is 36.7 Å². The third kappa shape index (κ3) is 6.02. The third-order valence-corrected chi connectivity index (χ3v) is 7.15. The highest BCUT2D eigenvalue weighted by Crippen LogP contribution is 2.33. The lowest BCUT2D eigenvalue weighted by atomic mass is 9.89. The van der Waals surface area contributed by atoms with Crippen LogP contribution in [0.4, 0.5) is 9.18 Å². The third-order valence-electron chi connectivity index (χ3n) is 5.43. The fraction of sp³-hybridized carbons (Fsp3) is 0.409. The van der Waals surface area contributed by atoms with Crippen molar-refractivity contribution in [1.82, 2.24) is 20.4 Å². The number of rotatable bonds is 8. The van der Waals surface area contributed by atoms with Crippen LogP contribution >= 0.6 is 23.5 Å². The van der Waals surface area contributed by atoms with Crippen LogP contribution in [0, 0.1) is 5.82 Å². The molecule has 1 N–H and O–H groups in total. The monoisotopic (exact) mass is 490 g/mol. The van der Waals surface area contributed by atoms with Crippen molar-refractivity contribution in [3.8, 4) is 0 Å². The van der Waals surface area contributed by atoms with E-state index in [0.717, 1.165) is 41.3 Å². The van der Waals surface area contributed by atoms with Crippen molar-refractivity contribution in [3.05, 3.63) is 46.4 Å². The van der Waals surface area contributed by atoms with Gasteiger partial charge in [0.2, 0.25) is 11.8 Å². The molecular formula is C22H23FN4O4S2. The maximum atomic E-state index is 13.8. The largest absolute Gasteiger partial charge is 0.416 e. The van der Waals surface area contributed by atoms with Crippen molar-refractivity contribution < 1.29 is 23.2 Å². The molecule has 0 bridgehead atoms. The second kappa shape index (κ2) is 11.0. The fourth-order valence-corrected chi connectivity index (χ4v) is 5.16. The minimum Gasteiger partial charge on any atom is -0.416 e. The Morgan fingerprint density at radius 3 is 2.82 bits per heavy atom. The molecule has 1 aromatic heterocycles. The van der Waals surface area contributed by atoms with E-state index in [4.69, 9.17) is 4.42 Å². The molecule has 2 fully saturated rings. The molecule has 2 heterocycles. The number of aromatic nitrogens is 2. The molecule has 4 rings (SSSR count). The number of imide groups is 1. The molecule has 1 aliphatic carbocycles. The second-order valence-electron chi connectivity index (χ2n) is 7.73. The van der Waals surface area contributed by atoms with Crippen LogP contribution in [0.5, 0.6) is 0 Å². The van der Waals surface area contributed by atoms with Crippen LogP contribution < -0.4 is 5.32 Å². The Morgan fingerprint density at radius 1 is 1.24 bits per heavy atom. The van der Waals surface area contributed by atoms with Gasteiger partial charge in [0.15, 0.2) is 0 Å². The predicted molar refractivity (Wildman–Crippen MR) is 123 cm³/mol. The molecule has 0 atom stereocenters. The van der Waals surface area contributed by atoms with Gasteiger partial charge in [-0.2, -0.15) is 0 Å². The minimum atomic E-state index is -0.502. The van der Waals surface area contributed by atoms with Gasteiger partial charge in [-0.1, -0.05) is 49.2 Å². The van der Waals surface area contributed by atoms with Crippen molar-refractivity contribution in [2.45, 2.75) is 43.2 Å². The molecule has 0 unspecified atom stereocenters. The molecule has 0 spiro atoms. The summed E-state index contributed by atoms with van der Waals surface area (Å²) in [5.74, 6) is -0.215. The Balaban J connectivity index is 1.22. The number of amides is 3. The van der Waals surface area contributed by atoms with Gasteiger partial charge in [0.25, 0.3) is 16.4 Å². The van der Waals surface area contributed by atoms with Gasteiger partial charge in [-0.25, -0.2) is 4.39 Å². The van der Waals surface area contributed by atoms with Crippen molar-refractivity contribution in [1.29, 1.82) is 0 Å². The molecule has 1 saturated heterocycles. The summed E-state index contributed by atoms with van der Waals surface area (Å²) in [6.45, 7) is 0.142. The number of hydrogen-bond donors (Lipinski definition) is 1. The van der Waals surface area contributed by atoms with Gasteiger partial charge in [-0.15, -0.1) is 10.2 Å². The van der Waals surface area contributed by atoms with E-state index >= 15 is 0 Å². The van der Waals surface area contributed by atoms with Crippen LogP contribution in [0.15, 0.2) is 38.8 Å². The first-order chi connectivity index (χ1) is 16.0. The lowest BCUT2D eigenvalue weighted by molar-refractivity contribution is -0.123. The van der Waals surface area contributed by atoms with Crippen LogP contribution in [-0.2, 0) is 9.59 Å². The van der Waals surface area contributed by atoms with Crippen LogP contribution in [-0.4, -0.2) is 51.0 Å². The van der Waals surface area contributed by atoms with Gasteiger partial charge in [0, 0.05) is 24.6 Å². The molecule has 8 nitrogen and oxygen atoms in total. The zero-order valence-electron chi connectivity index (χ0n) is 17.8. The quantitative estimate of drug-likeness (QED) is 0.434. The van der Waals surface area contributed by atoms with Crippen molar-refractivity contribution >= 4 is 46.7 Å². The Bertz CT molecular complexity index is 1070. The number of benzene rings is 1. The summed E-state index contributed by atoms with van der Waals surface area (Å²) >= 11 is 1.90. The summed E-state index contributed by atoms with van der Waals surface area (Å²) in [6.07, 6.45) is 7.04. The number of carbonyl (C=O) groups is 3. The molecule has 1 aliphatic heterocycles. The number of nitrogens with zero attached hydrogens (tertiary/aromatic N) is 3. The highest BCUT2D eigenvalue weighted by Gasteiger charge is 2.34. The van der Waals surface area contributed by atoms with Gasteiger partial charge < -0.3 is 9.73 Å². The smallest absolute Gasteiger partial charge is 0.293 e. The number of hydrogen-bond acceptors (Lipinski definition) is 8. The molecular weight excluding hydrogens is 467 g/mol. The SMILES string of the molecule is O=C(CSc1nnc(C2CCCCC2)o1)NCCN1C(=O)S/C(=C\c2ccccc2F)C1=O. The maximum Gasteiger partial charge on any atom is 0.293 e. The molecule has 11 heteroatoms. The summed E-state index contributed by atoms with van der Waals surface area (Å²) in [7, 11) is 0. The Morgan fingerprint density at radius 2 is 2.03 bits per heavy atom. The first-order valence-corrected chi connectivity index (χ1v) is 12.5. The fourth-order valence-electron chi connectivity index (χ4n) is 3.70. The molecule has 33 heavy (non-hydrogen) atoms. The molecule has 174 valence electrons. The first kappa shape index (κ1) is 23.5. The summed E-state index contributed by atoms with van der Waals surface area (Å²) < 4.78 is 19.5. The lowest BCUT2D eigenvalue weighted by Gasteiger charge is -2.17. The minimum absolute atomic E-state index is 0.0298. The highest BCUT2D eigenvalue weighted by atomic mass is 32.2. The van der Waals surface area contributed by atoms with E-state index in [9.17, 15) is 18.8 Å². The Hall–Kier alpha value is -2.66.